The number of nitrogens with two attached hydrogens (primary N) is 1. The third-order valence-electron chi connectivity index (χ3n) is 2.44. The summed E-state index contributed by atoms with van der Waals surface area (Å²) < 4.78 is 1.78. The zero-order valence-corrected chi connectivity index (χ0v) is 13.0. The lowest BCUT2D eigenvalue weighted by atomic mass is 10.2. The van der Waals surface area contributed by atoms with Crippen molar-refractivity contribution in [2.75, 3.05) is 17.2 Å². The van der Waals surface area contributed by atoms with Gasteiger partial charge in [0.2, 0.25) is 5.91 Å². The summed E-state index contributed by atoms with van der Waals surface area (Å²) in [5.41, 5.74) is 7.29. The van der Waals surface area contributed by atoms with E-state index in [0.717, 1.165) is 14.6 Å². The predicted molar refractivity (Wildman–Crippen MR) is 75.9 cm³/mol. The third kappa shape index (κ3) is 2.28. The average molecular weight is 413 g/mol. The maximum atomic E-state index is 11.7. The molecule has 0 bridgehead atoms. The van der Waals surface area contributed by atoms with Gasteiger partial charge in [0.1, 0.15) is 0 Å². The first kappa shape index (κ1) is 12.4. The van der Waals surface area contributed by atoms with E-state index in [1.54, 1.807) is 11.0 Å². The van der Waals surface area contributed by atoms with E-state index in [4.69, 9.17) is 5.73 Å². The van der Waals surface area contributed by atoms with Crippen molar-refractivity contribution in [3.63, 3.8) is 0 Å². The molecule has 0 aromatic heterocycles. The molecule has 2 N–H and O–H groups in total. The van der Waals surface area contributed by atoms with Crippen LogP contribution in [-0.2, 0) is 4.79 Å². The minimum Gasteiger partial charge on any atom is -0.397 e. The zero-order valence-electron chi connectivity index (χ0n) is 8.21. The van der Waals surface area contributed by atoms with Gasteiger partial charge in [0.25, 0.3) is 0 Å². The molecule has 6 heteroatoms. The van der Waals surface area contributed by atoms with E-state index in [-0.39, 0.29) is 10.7 Å². The molecule has 1 heterocycles. The van der Waals surface area contributed by atoms with Gasteiger partial charge in [-0.05, 0) is 44.0 Å². The van der Waals surface area contributed by atoms with E-state index < -0.39 is 0 Å². The lowest BCUT2D eigenvalue weighted by Crippen LogP contribution is -2.25. The third-order valence-corrected chi connectivity index (χ3v) is 4.90. The lowest BCUT2D eigenvalue weighted by Gasteiger charge is -2.19. The minimum absolute atomic E-state index is 0.0998. The molecule has 1 aromatic rings. The standard InChI is InChI=1S/C10H9Br3N2O/c11-5-1-10(16)15(4-5)9-3-7(13)6(12)2-8(9)14/h2-3,5H,1,4,14H2. The first-order valence-electron chi connectivity index (χ1n) is 4.68. The van der Waals surface area contributed by atoms with Crippen LogP contribution in [0.5, 0.6) is 0 Å². The second-order valence-corrected chi connectivity index (χ2v) is 6.63. The van der Waals surface area contributed by atoms with E-state index in [0.29, 0.717) is 18.7 Å². The Kier molecular flexibility index (Phi) is 3.61. The highest BCUT2D eigenvalue weighted by Crippen LogP contribution is 2.36. The molecule has 16 heavy (non-hydrogen) atoms. The van der Waals surface area contributed by atoms with E-state index >= 15 is 0 Å². The van der Waals surface area contributed by atoms with Crippen molar-refractivity contribution in [3.8, 4) is 0 Å². The Balaban J connectivity index is 2.41. The highest BCUT2D eigenvalue weighted by Gasteiger charge is 2.30. The van der Waals surface area contributed by atoms with Crippen LogP contribution in [0.1, 0.15) is 6.42 Å². The fourth-order valence-electron chi connectivity index (χ4n) is 1.68. The van der Waals surface area contributed by atoms with Gasteiger partial charge in [0.05, 0.1) is 11.4 Å². The van der Waals surface area contributed by atoms with Crippen LogP contribution >= 0.6 is 47.8 Å². The van der Waals surface area contributed by atoms with Gasteiger partial charge in [-0.3, -0.25) is 4.79 Å². The number of carbonyl (C=O) groups excluding carboxylic acids is 1. The number of anilines is 2. The molecule has 0 spiro atoms. The number of hydrogen-bond acceptors (Lipinski definition) is 2. The number of hydrogen-bond donors (Lipinski definition) is 1. The quantitative estimate of drug-likeness (QED) is 0.568. The van der Waals surface area contributed by atoms with Gasteiger partial charge in [-0.25, -0.2) is 0 Å². The molecule has 1 atom stereocenters. The summed E-state index contributed by atoms with van der Waals surface area (Å²) >= 11 is 10.2. The number of nitrogen functional groups attached to an aromatic ring is 1. The number of benzene rings is 1. The summed E-state index contributed by atoms with van der Waals surface area (Å²) in [5.74, 6) is 0.0998. The molecule has 2 rings (SSSR count). The molecule has 0 radical (unpaired) electrons. The monoisotopic (exact) mass is 410 g/mol. The summed E-state index contributed by atoms with van der Waals surface area (Å²) in [6.07, 6.45) is 0.521. The van der Waals surface area contributed by atoms with Gasteiger partial charge in [0, 0.05) is 26.7 Å². The van der Waals surface area contributed by atoms with Crippen LogP contribution in [0.25, 0.3) is 0 Å². The van der Waals surface area contributed by atoms with E-state index in [2.05, 4.69) is 47.8 Å². The van der Waals surface area contributed by atoms with Crippen LogP contribution in [0.15, 0.2) is 21.1 Å². The number of carbonyl (C=O) groups is 1. The smallest absolute Gasteiger partial charge is 0.228 e. The van der Waals surface area contributed by atoms with Crippen LogP contribution in [0.4, 0.5) is 11.4 Å². The molecular weight excluding hydrogens is 404 g/mol. The molecule has 1 aromatic carbocycles. The molecular formula is C10H9Br3N2O. The van der Waals surface area contributed by atoms with Crippen molar-refractivity contribution < 1.29 is 4.79 Å². The van der Waals surface area contributed by atoms with Crippen LogP contribution in [0.3, 0.4) is 0 Å². The molecule has 0 aliphatic carbocycles. The molecule has 1 saturated heterocycles. The Hall–Kier alpha value is -0.0700. The van der Waals surface area contributed by atoms with Gasteiger partial charge in [-0.1, -0.05) is 15.9 Å². The first-order valence-corrected chi connectivity index (χ1v) is 7.18. The average Bonchev–Trinajstić information content (AvgIpc) is 2.51. The molecule has 86 valence electrons. The summed E-state index contributed by atoms with van der Waals surface area (Å²) in [5, 5.41) is 0. The largest absolute Gasteiger partial charge is 0.397 e. The summed E-state index contributed by atoms with van der Waals surface area (Å²) in [7, 11) is 0. The topological polar surface area (TPSA) is 46.3 Å². The van der Waals surface area contributed by atoms with Gasteiger partial charge in [-0.15, -0.1) is 0 Å². The second-order valence-electron chi connectivity index (χ2n) is 3.63. The normalized spacial score (nSPS) is 20.6. The van der Waals surface area contributed by atoms with Crippen molar-refractivity contribution in [1.29, 1.82) is 0 Å². The zero-order chi connectivity index (χ0) is 11.9. The van der Waals surface area contributed by atoms with Gasteiger partial charge in [0.15, 0.2) is 0 Å². The van der Waals surface area contributed by atoms with Gasteiger partial charge >= 0.3 is 0 Å². The van der Waals surface area contributed by atoms with Crippen molar-refractivity contribution in [3.05, 3.63) is 21.1 Å². The van der Waals surface area contributed by atoms with E-state index in [1.165, 1.54) is 0 Å². The Bertz CT molecular complexity index is 450. The molecule has 0 saturated carbocycles. The lowest BCUT2D eigenvalue weighted by molar-refractivity contribution is -0.117. The van der Waals surface area contributed by atoms with Crippen LogP contribution in [0.2, 0.25) is 0 Å². The number of nitrogens with zero attached hydrogens (tertiary/aromatic N) is 1. The van der Waals surface area contributed by atoms with Crippen molar-refractivity contribution in [2.24, 2.45) is 0 Å². The summed E-state index contributed by atoms with van der Waals surface area (Å²) in [6.45, 7) is 0.664. The van der Waals surface area contributed by atoms with Crippen molar-refractivity contribution in [2.45, 2.75) is 11.2 Å². The number of rotatable bonds is 1. The SMILES string of the molecule is Nc1cc(Br)c(Br)cc1N1CC(Br)CC1=O. The maximum absolute atomic E-state index is 11.7. The molecule has 1 unspecified atom stereocenters. The van der Waals surface area contributed by atoms with Gasteiger partial charge in [-0.2, -0.15) is 0 Å². The van der Waals surface area contributed by atoms with Crippen LogP contribution < -0.4 is 10.6 Å². The fourth-order valence-corrected chi connectivity index (χ4v) is 2.94. The Labute approximate surface area is 119 Å². The molecule has 1 fully saturated rings. The first-order chi connectivity index (χ1) is 7.49. The maximum Gasteiger partial charge on any atom is 0.228 e. The highest BCUT2D eigenvalue weighted by molar-refractivity contribution is 9.13. The number of amides is 1. The molecule has 3 nitrogen and oxygen atoms in total. The van der Waals surface area contributed by atoms with Crippen LogP contribution in [0, 0.1) is 0 Å². The number of halogens is 3. The van der Waals surface area contributed by atoms with Crippen molar-refractivity contribution >= 4 is 65.1 Å². The second kappa shape index (κ2) is 4.66. The highest BCUT2D eigenvalue weighted by atomic mass is 79.9. The number of alkyl halides is 1. The van der Waals surface area contributed by atoms with Crippen molar-refractivity contribution in [1.82, 2.24) is 0 Å². The van der Waals surface area contributed by atoms with Gasteiger partial charge < -0.3 is 10.6 Å². The summed E-state index contributed by atoms with van der Waals surface area (Å²) in [6, 6.07) is 3.66. The predicted octanol–water partition coefficient (Wildman–Crippen LogP) is 3.29. The Morgan fingerprint density at radius 3 is 2.50 bits per heavy atom. The molecule has 1 aliphatic heterocycles. The molecule has 1 amide bonds. The fraction of sp³-hybridized carbons (Fsp3) is 0.300. The Morgan fingerprint density at radius 2 is 1.94 bits per heavy atom. The minimum atomic E-state index is 0.0998. The van der Waals surface area contributed by atoms with E-state index in [1.807, 2.05) is 6.07 Å². The molecule has 1 aliphatic rings. The van der Waals surface area contributed by atoms with Crippen LogP contribution in [-0.4, -0.2) is 17.3 Å². The Morgan fingerprint density at radius 1 is 1.31 bits per heavy atom. The van der Waals surface area contributed by atoms with E-state index in [9.17, 15) is 4.79 Å². The summed E-state index contributed by atoms with van der Waals surface area (Å²) in [4.78, 5) is 13.7.